The van der Waals surface area contributed by atoms with E-state index in [9.17, 15) is 9.18 Å². The van der Waals surface area contributed by atoms with Gasteiger partial charge in [-0.1, -0.05) is 6.07 Å². The third-order valence-corrected chi connectivity index (χ3v) is 3.97. The highest BCUT2D eigenvalue weighted by atomic mass is 19.1. The molecule has 1 aliphatic rings. The number of carbonyl (C=O) groups excluding carboxylic acids is 1. The predicted molar refractivity (Wildman–Crippen MR) is 85.3 cm³/mol. The molecular formula is C17H25FN2O2. The second-order valence-corrected chi connectivity index (χ2v) is 6.95. The quantitative estimate of drug-likeness (QED) is 0.802. The summed E-state index contributed by atoms with van der Waals surface area (Å²) in [6, 6.07) is 3.47. The molecule has 4 nitrogen and oxygen atoms in total. The lowest BCUT2D eigenvalue weighted by Crippen LogP contribution is -2.42. The summed E-state index contributed by atoms with van der Waals surface area (Å²) in [7, 11) is 0. The molecule has 1 saturated heterocycles. The molecule has 2 N–H and O–H groups in total. The number of benzene rings is 1. The number of anilines is 1. The lowest BCUT2D eigenvalue weighted by molar-refractivity contribution is 0.0197. The SMILES string of the molecule is Cc1c(N)ccc(C2CCCN(C(=O)OC(C)(C)C)C2)c1F. The van der Waals surface area contributed by atoms with Gasteiger partial charge in [-0.2, -0.15) is 0 Å². The number of carbonyl (C=O) groups is 1. The average Bonchev–Trinajstić information content (AvgIpc) is 2.43. The van der Waals surface area contributed by atoms with Crippen LogP contribution in [0.15, 0.2) is 12.1 Å². The number of piperidine rings is 1. The lowest BCUT2D eigenvalue weighted by atomic mass is 9.89. The number of nitrogens with zero attached hydrogens (tertiary/aromatic N) is 1. The first-order valence-corrected chi connectivity index (χ1v) is 7.71. The topological polar surface area (TPSA) is 55.6 Å². The highest BCUT2D eigenvalue weighted by molar-refractivity contribution is 5.68. The molecule has 1 aliphatic heterocycles. The molecule has 1 aromatic rings. The van der Waals surface area contributed by atoms with Crippen molar-refractivity contribution in [2.45, 2.75) is 52.1 Å². The minimum atomic E-state index is -0.521. The van der Waals surface area contributed by atoms with Gasteiger partial charge < -0.3 is 15.4 Å². The first-order chi connectivity index (χ1) is 10.2. The van der Waals surface area contributed by atoms with Crippen LogP contribution in [0.4, 0.5) is 14.9 Å². The van der Waals surface area contributed by atoms with E-state index in [1.165, 1.54) is 0 Å². The van der Waals surface area contributed by atoms with E-state index >= 15 is 0 Å². The molecule has 0 radical (unpaired) electrons. The zero-order valence-electron chi connectivity index (χ0n) is 13.8. The molecule has 22 heavy (non-hydrogen) atoms. The Morgan fingerprint density at radius 1 is 1.41 bits per heavy atom. The summed E-state index contributed by atoms with van der Waals surface area (Å²) in [5, 5.41) is 0. The van der Waals surface area contributed by atoms with Crippen LogP contribution in [0.25, 0.3) is 0 Å². The zero-order valence-corrected chi connectivity index (χ0v) is 13.8. The van der Waals surface area contributed by atoms with Crippen molar-refractivity contribution in [3.63, 3.8) is 0 Å². The number of rotatable bonds is 1. The molecule has 1 unspecified atom stereocenters. The standard InChI is InChI=1S/C17H25FN2O2/c1-11-14(19)8-7-13(15(11)18)12-6-5-9-20(10-12)16(21)22-17(2,3)4/h7-8,12H,5-6,9-10,19H2,1-4H3. The van der Waals surface area contributed by atoms with Crippen LogP contribution < -0.4 is 5.73 Å². The van der Waals surface area contributed by atoms with Gasteiger partial charge in [-0.3, -0.25) is 0 Å². The Balaban J connectivity index is 2.14. The van der Waals surface area contributed by atoms with Gasteiger partial charge in [0.25, 0.3) is 0 Å². The molecule has 1 fully saturated rings. The van der Waals surface area contributed by atoms with Gasteiger partial charge in [-0.25, -0.2) is 9.18 Å². The third kappa shape index (κ3) is 3.70. The van der Waals surface area contributed by atoms with Crippen LogP contribution in [0.3, 0.4) is 0 Å². The molecule has 1 heterocycles. The van der Waals surface area contributed by atoms with Gasteiger partial charge in [-0.15, -0.1) is 0 Å². The van der Waals surface area contributed by atoms with E-state index in [0.29, 0.717) is 29.9 Å². The summed E-state index contributed by atoms with van der Waals surface area (Å²) in [6.45, 7) is 8.35. The monoisotopic (exact) mass is 308 g/mol. The maximum Gasteiger partial charge on any atom is 0.410 e. The molecule has 122 valence electrons. The van der Waals surface area contributed by atoms with Gasteiger partial charge in [0.05, 0.1) is 0 Å². The van der Waals surface area contributed by atoms with Crippen molar-refractivity contribution in [1.29, 1.82) is 0 Å². The number of hydrogen-bond donors (Lipinski definition) is 1. The highest BCUT2D eigenvalue weighted by Gasteiger charge is 2.29. The molecule has 1 atom stereocenters. The Kier molecular flexibility index (Phi) is 4.63. The molecule has 1 amide bonds. The largest absolute Gasteiger partial charge is 0.444 e. The van der Waals surface area contributed by atoms with Crippen LogP contribution >= 0.6 is 0 Å². The number of likely N-dealkylation sites (tertiary alicyclic amines) is 1. The van der Waals surface area contributed by atoms with E-state index in [0.717, 1.165) is 12.8 Å². The molecule has 0 aliphatic carbocycles. The van der Waals surface area contributed by atoms with Crippen molar-refractivity contribution < 1.29 is 13.9 Å². The first kappa shape index (κ1) is 16.6. The minimum Gasteiger partial charge on any atom is -0.444 e. The fourth-order valence-electron chi connectivity index (χ4n) is 2.76. The summed E-state index contributed by atoms with van der Waals surface area (Å²) < 4.78 is 19.8. The molecular weight excluding hydrogens is 283 g/mol. The fourth-order valence-corrected chi connectivity index (χ4v) is 2.76. The van der Waals surface area contributed by atoms with Crippen molar-refractivity contribution in [3.8, 4) is 0 Å². The number of nitrogen functional groups attached to an aromatic ring is 1. The van der Waals surface area contributed by atoms with E-state index in [4.69, 9.17) is 10.5 Å². The van der Waals surface area contributed by atoms with Gasteiger partial charge in [0.2, 0.25) is 0 Å². The van der Waals surface area contributed by atoms with Gasteiger partial charge in [-0.05, 0) is 52.2 Å². The summed E-state index contributed by atoms with van der Waals surface area (Å²) >= 11 is 0. The van der Waals surface area contributed by atoms with E-state index in [1.54, 1.807) is 24.0 Å². The number of ether oxygens (including phenoxy) is 1. The van der Waals surface area contributed by atoms with Gasteiger partial charge in [0.15, 0.2) is 0 Å². The van der Waals surface area contributed by atoms with Crippen molar-refractivity contribution in [3.05, 3.63) is 29.1 Å². The Hall–Kier alpha value is -1.78. The number of amides is 1. The van der Waals surface area contributed by atoms with Crippen molar-refractivity contribution in [2.24, 2.45) is 0 Å². The Bertz CT molecular complexity index is 567. The molecule has 2 rings (SSSR count). The third-order valence-electron chi connectivity index (χ3n) is 3.97. The summed E-state index contributed by atoms with van der Waals surface area (Å²) in [5.74, 6) is -0.267. The molecule has 5 heteroatoms. The van der Waals surface area contributed by atoms with Gasteiger partial charge >= 0.3 is 6.09 Å². The fraction of sp³-hybridized carbons (Fsp3) is 0.588. The van der Waals surface area contributed by atoms with Crippen LogP contribution in [0.2, 0.25) is 0 Å². The smallest absolute Gasteiger partial charge is 0.410 e. The highest BCUT2D eigenvalue weighted by Crippen LogP contribution is 2.32. The van der Waals surface area contributed by atoms with Crippen LogP contribution in [0, 0.1) is 12.7 Å². The number of hydrogen-bond acceptors (Lipinski definition) is 3. The maximum atomic E-state index is 14.4. The van der Waals surface area contributed by atoms with Crippen LogP contribution in [0.1, 0.15) is 50.7 Å². The van der Waals surface area contributed by atoms with Crippen molar-refractivity contribution in [1.82, 2.24) is 4.90 Å². The average molecular weight is 308 g/mol. The van der Waals surface area contributed by atoms with Crippen molar-refractivity contribution in [2.75, 3.05) is 18.8 Å². The number of nitrogens with two attached hydrogens (primary N) is 1. The number of halogens is 1. The predicted octanol–water partition coefficient (Wildman–Crippen LogP) is 3.83. The molecule has 0 aromatic heterocycles. The van der Waals surface area contributed by atoms with Crippen LogP contribution in [-0.2, 0) is 4.74 Å². The Morgan fingerprint density at radius 2 is 2.09 bits per heavy atom. The lowest BCUT2D eigenvalue weighted by Gasteiger charge is -2.34. The Morgan fingerprint density at radius 3 is 2.73 bits per heavy atom. The van der Waals surface area contributed by atoms with E-state index in [-0.39, 0.29) is 17.8 Å². The normalized spacial score (nSPS) is 19.1. The minimum absolute atomic E-state index is 0.0134. The van der Waals surface area contributed by atoms with Crippen LogP contribution in [0.5, 0.6) is 0 Å². The van der Waals surface area contributed by atoms with Gasteiger partial charge in [0.1, 0.15) is 11.4 Å². The van der Waals surface area contributed by atoms with E-state index in [2.05, 4.69) is 0 Å². The zero-order chi connectivity index (χ0) is 16.5. The van der Waals surface area contributed by atoms with Crippen molar-refractivity contribution >= 4 is 11.8 Å². The van der Waals surface area contributed by atoms with Crippen LogP contribution in [-0.4, -0.2) is 29.7 Å². The molecule has 0 bridgehead atoms. The molecule has 0 spiro atoms. The summed E-state index contributed by atoms with van der Waals surface area (Å²) in [4.78, 5) is 13.9. The molecule has 0 saturated carbocycles. The first-order valence-electron chi connectivity index (χ1n) is 7.71. The second-order valence-electron chi connectivity index (χ2n) is 6.95. The maximum absolute atomic E-state index is 14.4. The van der Waals surface area contributed by atoms with E-state index in [1.807, 2.05) is 20.8 Å². The van der Waals surface area contributed by atoms with E-state index < -0.39 is 5.60 Å². The second kappa shape index (κ2) is 6.15. The summed E-state index contributed by atoms with van der Waals surface area (Å²) in [6.07, 6.45) is 1.37. The summed E-state index contributed by atoms with van der Waals surface area (Å²) in [5.41, 5.74) is 6.80. The molecule has 1 aromatic carbocycles. The van der Waals surface area contributed by atoms with Gasteiger partial charge in [0, 0.05) is 30.3 Å². The Labute approximate surface area is 131 Å².